The number of aromatic nitrogens is 2. The molecule has 6 heteroatoms. The molecule has 0 aliphatic carbocycles. The quantitative estimate of drug-likeness (QED) is 0.492. The summed E-state index contributed by atoms with van der Waals surface area (Å²) in [6.45, 7) is 4.14. The molecule has 0 saturated heterocycles. The van der Waals surface area contributed by atoms with Crippen molar-refractivity contribution in [2.45, 2.75) is 26.1 Å². The van der Waals surface area contributed by atoms with Crippen molar-refractivity contribution in [2.75, 3.05) is 13.3 Å². The van der Waals surface area contributed by atoms with E-state index in [0.717, 1.165) is 46.9 Å². The molecular weight excluding hydrogens is 390 g/mol. The molecule has 0 fully saturated rings. The average molecular weight is 415 g/mol. The third-order valence-electron chi connectivity index (χ3n) is 5.44. The summed E-state index contributed by atoms with van der Waals surface area (Å²) in [7, 11) is 0. The van der Waals surface area contributed by atoms with Crippen LogP contribution in [0.5, 0.6) is 11.5 Å². The predicted octanol–water partition coefficient (Wildman–Crippen LogP) is 4.14. The Hall–Kier alpha value is -3.35. The van der Waals surface area contributed by atoms with E-state index in [1.54, 1.807) is 0 Å². The monoisotopic (exact) mass is 415 g/mol. The molecule has 1 N–H and O–H groups in total. The number of hydrogen-bond donors (Lipinski definition) is 1. The van der Waals surface area contributed by atoms with Gasteiger partial charge < -0.3 is 14.6 Å². The summed E-state index contributed by atoms with van der Waals surface area (Å²) in [6, 6.07) is 22.6. The van der Waals surface area contributed by atoms with Crippen LogP contribution in [0.2, 0.25) is 0 Å². The maximum absolute atomic E-state index is 10.0. The zero-order valence-electron chi connectivity index (χ0n) is 17.4. The molecule has 158 valence electrons. The molecule has 1 unspecified atom stereocenters. The van der Waals surface area contributed by atoms with Crippen LogP contribution in [0.4, 0.5) is 0 Å². The molecule has 31 heavy (non-hydrogen) atoms. The summed E-state index contributed by atoms with van der Waals surface area (Å²) < 4.78 is 13.0. The number of benzene rings is 3. The number of ether oxygens (including phenoxy) is 2. The lowest BCUT2D eigenvalue weighted by Crippen LogP contribution is -2.30. The van der Waals surface area contributed by atoms with Crippen molar-refractivity contribution in [2.24, 2.45) is 0 Å². The Labute approximate surface area is 181 Å². The fourth-order valence-electron chi connectivity index (χ4n) is 4.04. The van der Waals surface area contributed by atoms with E-state index in [2.05, 4.69) is 50.8 Å². The van der Waals surface area contributed by atoms with Crippen molar-refractivity contribution in [3.05, 3.63) is 84.2 Å². The molecule has 2 heterocycles. The van der Waals surface area contributed by atoms with Gasteiger partial charge in [0.1, 0.15) is 6.33 Å². The van der Waals surface area contributed by atoms with Crippen molar-refractivity contribution >= 4 is 11.0 Å². The van der Waals surface area contributed by atoms with Gasteiger partial charge in [0.25, 0.3) is 0 Å². The van der Waals surface area contributed by atoms with Gasteiger partial charge in [-0.1, -0.05) is 30.3 Å². The van der Waals surface area contributed by atoms with Crippen LogP contribution in [-0.4, -0.2) is 39.0 Å². The highest BCUT2D eigenvalue weighted by Gasteiger charge is 2.16. The molecule has 1 aromatic heterocycles. The van der Waals surface area contributed by atoms with E-state index in [9.17, 15) is 5.11 Å². The first-order chi connectivity index (χ1) is 15.2. The second kappa shape index (κ2) is 8.41. The van der Waals surface area contributed by atoms with Crippen LogP contribution in [0.15, 0.2) is 73.1 Å². The van der Waals surface area contributed by atoms with E-state index in [4.69, 9.17) is 9.47 Å². The Bertz CT molecular complexity index is 1180. The van der Waals surface area contributed by atoms with Gasteiger partial charge in [0.2, 0.25) is 6.79 Å². The minimum Gasteiger partial charge on any atom is -0.454 e. The van der Waals surface area contributed by atoms with Crippen molar-refractivity contribution in [3.8, 4) is 17.2 Å². The van der Waals surface area contributed by atoms with Gasteiger partial charge >= 0.3 is 0 Å². The second-order valence-electron chi connectivity index (χ2n) is 7.98. The molecule has 1 aliphatic heterocycles. The Kier molecular flexibility index (Phi) is 5.32. The molecule has 0 spiro atoms. The lowest BCUT2D eigenvalue weighted by molar-refractivity contribution is 0.118. The lowest BCUT2D eigenvalue weighted by atomic mass is 10.1. The van der Waals surface area contributed by atoms with Crippen LogP contribution in [0.25, 0.3) is 16.7 Å². The van der Waals surface area contributed by atoms with Gasteiger partial charge in [-0.15, -0.1) is 0 Å². The number of para-hydroxylation sites is 2. The van der Waals surface area contributed by atoms with Crippen LogP contribution in [0.3, 0.4) is 0 Å². The van der Waals surface area contributed by atoms with Gasteiger partial charge in [0.05, 0.1) is 17.1 Å². The van der Waals surface area contributed by atoms with Gasteiger partial charge in [0.15, 0.2) is 11.5 Å². The number of nitrogens with zero attached hydrogens (tertiary/aromatic N) is 3. The fourth-order valence-corrected chi connectivity index (χ4v) is 4.04. The lowest BCUT2D eigenvalue weighted by Gasteiger charge is -2.24. The molecule has 0 radical (unpaired) electrons. The summed E-state index contributed by atoms with van der Waals surface area (Å²) in [5, 5.41) is 10.0. The largest absolute Gasteiger partial charge is 0.454 e. The maximum Gasteiger partial charge on any atom is 0.231 e. The number of aliphatic hydroxyl groups is 1. The number of hydrogen-bond acceptors (Lipinski definition) is 5. The van der Waals surface area contributed by atoms with Gasteiger partial charge in [-0.05, 0) is 54.4 Å². The zero-order chi connectivity index (χ0) is 21.2. The normalized spacial score (nSPS) is 13.8. The van der Waals surface area contributed by atoms with Crippen LogP contribution >= 0.6 is 0 Å². The fraction of sp³-hybridized carbons (Fsp3) is 0.240. The van der Waals surface area contributed by atoms with E-state index in [-0.39, 0.29) is 6.79 Å². The van der Waals surface area contributed by atoms with Crippen molar-refractivity contribution in [1.82, 2.24) is 14.5 Å². The van der Waals surface area contributed by atoms with Gasteiger partial charge in [-0.25, -0.2) is 4.98 Å². The molecule has 1 aliphatic rings. The molecule has 0 bridgehead atoms. The summed E-state index contributed by atoms with van der Waals surface area (Å²) in [4.78, 5) is 6.72. The van der Waals surface area contributed by atoms with E-state index in [0.29, 0.717) is 6.54 Å². The summed E-state index contributed by atoms with van der Waals surface area (Å²) in [5.74, 6) is 1.57. The zero-order valence-corrected chi connectivity index (χ0v) is 17.4. The maximum atomic E-state index is 10.0. The minimum absolute atomic E-state index is 0.273. The molecule has 0 amide bonds. The number of rotatable bonds is 7. The third-order valence-corrected chi connectivity index (χ3v) is 5.44. The molecule has 0 saturated carbocycles. The van der Waals surface area contributed by atoms with Crippen LogP contribution < -0.4 is 9.47 Å². The molecule has 5 rings (SSSR count). The SMILES string of the molecule is CC(O)CN(Cc1ccc(-n2cnc3ccccc32)cc1)Cc1ccc2c(c1)OCO2. The van der Waals surface area contributed by atoms with Crippen molar-refractivity contribution in [3.63, 3.8) is 0 Å². The van der Waals surface area contributed by atoms with Crippen molar-refractivity contribution in [1.29, 1.82) is 0 Å². The van der Waals surface area contributed by atoms with E-state index in [1.165, 1.54) is 5.56 Å². The molecule has 3 aromatic carbocycles. The van der Waals surface area contributed by atoms with Crippen LogP contribution in [-0.2, 0) is 13.1 Å². The minimum atomic E-state index is -0.411. The average Bonchev–Trinajstić information content (AvgIpc) is 3.40. The predicted molar refractivity (Wildman–Crippen MR) is 119 cm³/mol. The summed E-state index contributed by atoms with van der Waals surface area (Å²) in [5.41, 5.74) is 5.48. The summed E-state index contributed by atoms with van der Waals surface area (Å²) in [6.07, 6.45) is 1.45. The van der Waals surface area contributed by atoms with E-state index >= 15 is 0 Å². The smallest absolute Gasteiger partial charge is 0.231 e. The standard InChI is InChI=1S/C25H25N3O3/c1-18(29)13-27(15-20-8-11-24-25(12-20)31-17-30-24)14-19-6-9-21(10-7-19)28-16-26-22-4-2-3-5-23(22)28/h2-12,16,18,29H,13-15,17H2,1H3. The van der Waals surface area contributed by atoms with Gasteiger partial charge in [-0.3, -0.25) is 9.47 Å². The molecule has 6 nitrogen and oxygen atoms in total. The van der Waals surface area contributed by atoms with E-state index < -0.39 is 6.10 Å². The van der Waals surface area contributed by atoms with Crippen LogP contribution in [0.1, 0.15) is 18.1 Å². The Morgan fingerprint density at radius 2 is 1.71 bits per heavy atom. The highest BCUT2D eigenvalue weighted by atomic mass is 16.7. The number of imidazole rings is 1. The van der Waals surface area contributed by atoms with Gasteiger partial charge in [-0.2, -0.15) is 0 Å². The topological polar surface area (TPSA) is 59.8 Å². The highest BCUT2D eigenvalue weighted by molar-refractivity contribution is 5.77. The van der Waals surface area contributed by atoms with Crippen LogP contribution in [0, 0.1) is 0 Å². The summed E-state index contributed by atoms with van der Waals surface area (Å²) >= 11 is 0. The molecule has 1 atom stereocenters. The number of fused-ring (bicyclic) bond motifs is 2. The van der Waals surface area contributed by atoms with Gasteiger partial charge in [0, 0.05) is 25.3 Å². The first-order valence-corrected chi connectivity index (χ1v) is 10.5. The Balaban J connectivity index is 1.33. The first kappa shape index (κ1) is 19.6. The number of aliphatic hydroxyl groups excluding tert-OH is 1. The highest BCUT2D eigenvalue weighted by Crippen LogP contribution is 2.33. The van der Waals surface area contributed by atoms with Crippen molar-refractivity contribution < 1.29 is 14.6 Å². The Morgan fingerprint density at radius 1 is 0.968 bits per heavy atom. The third kappa shape index (κ3) is 4.26. The molecular formula is C25H25N3O3. The Morgan fingerprint density at radius 3 is 2.55 bits per heavy atom. The first-order valence-electron chi connectivity index (χ1n) is 10.5. The second-order valence-corrected chi connectivity index (χ2v) is 7.98. The van der Waals surface area contributed by atoms with E-state index in [1.807, 2.05) is 43.6 Å². The molecule has 4 aromatic rings.